The molecular weight excluding hydrogens is 264 g/mol. The maximum absolute atomic E-state index is 12.5. The summed E-state index contributed by atoms with van der Waals surface area (Å²) < 4.78 is 0. The van der Waals surface area contributed by atoms with E-state index >= 15 is 0 Å². The molecule has 0 unspecified atom stereocenters. The van der Waals surface area contributed by atoms with E-state index in [0.29, 0.717) is 31.0 Å². The molecule has 0 radical (unpaired) electrons. The minimum absolute atomic E-state index is 0.0616. The molecule has 0 atom stereocenters. The Morgan fingerprint density at radius 1 is 1.48 bits per heavy atom. The Bertz CT molecular complexity index is 476. The Morgan fingerprint density at radius 2 is 2.24 bits per heavy atom. The highest BCUT2D eigenvalue weighted by Gasteiger charge is 2.16. The van der Waals surface area contributed by atoms with Crippen LogP contribution in [0.5, 0.6) is 0 Å². The summed E-state index contributed by atoms with van der Waals surface area (Å²) in [6, 6.07) is 5.70. The first-order valence-electron chi connectivity index (χ1n) is 7.44. The largest absolute Gasteiger partial charge is 0.370 e. The molecule has 0 saturated carbocycles. The van der Waals surface area contributed by atoms with Crippen LogP contribution in [0.1, 0.15) is 44.0 Å². The Balaban J connectivity index is 2.75. The van der Waals surface area contributed by atoms with Crippen LogP contribution in [0, 0.1) is 17.2 Å². The third-order valence-electron chi connectivity index (χ3n) is 2.93. The van der Waals surface area contributed by atoms with Crippen molar-refractivity contribution in [2.75, 3.05) is 25.0 Å². The quantitative estimate of drug-likeness (QED) is 0.798. The minimum atomic E-state index is -0.0616. The van der Waals surface area contributed by atoms with Crippen molar-refractivity contribution in [2.45, 2.75) is 33.6 Å². The van der Waals surface area contributed by atoms with E-state index in [1.165, 1.54) is 0 Å². The molecule has 1 rings (SSSR count). The fourth-order valence-electron chi connectivity index (χ4n) is 1.96. The van der Waals surface area contributed by atoms with Crippen molar-refractivity contribution in [3.63, 3.8) is 0 Å². The van der Waals surface area contributed by atoms with Gasteiger partial charge in [0.2, 0.25) is 0 Å². The first kappa shape index (κ1) is 17.0. The smallest absolute Gasteiger partial charge is 0.255 e. The second kappa shape index (κ2) is 8.96. The molecule has 0 aliphatic heterocycles. The lowest BCUT2D eigenvalue weighted by atomic mass is 10.1. The van der Waals surface area contributed by atoms with Gasteiger partial charge in [0.15, 0.2) is 0 Å². The molecule has 0 saturated heterocycles. The molecule has 0 fully saturated rings. The number of hydrogen-bond acceptors (Lipinski definition) is 4. The second-order valence-electron chi connectivity index (χ2n) is 5.41. The fourth-order valence-corrected chi connectivity index (χ4v) is 1.96. The molecule has 1 N–H and O–H groups in total. The van der Waals surface area contributed by atoms with Gasteiger partial charge in [0, 0.05) is 25.8 Å². The van der Waals surface area contributed by atoms with E-state index in [1.807, 2.05) is 6.07 Å². The number of pyridine rings is 1. The summed E-state index contributed by atoms with van der Waals surface area (Å²) in [4.78, 5) is 18.4. The first-order valence-corrected chi connectivity index (χ1v) is 7.44. The highest BCUT2D eigenvalue weighted by atomic mass is 16.2. The fraction of sp³-hybridized carbons (Fsp3) is 0.562. The molecule has 1 aromatic rings. The van der Waals surface area contributed by atoms with Crippen LogP contribution in [0.25, 0.3) is 0 Å². The second-order valence-corrected chi connectivity index (χ2v) is 5.41. The summed E-state index contributed by atoms with van der Waals surface area (Å²) in [7, 11) is 0. The van der Waals surface area contributed by atoms with Crippen LogP contribution < -0.4 is 5.32 Å². The molecule has 5 heteroatoms. The van der Waals surface area contributed by atoms with Gasteiger partial charge in [-0.15, -0.1) is 0 Å². The Morgan fingerprint density at radius 3 is 2.76 bits per heavy atom. The minimum Gasteiger partial charge on any atom is -0.370 e. The standard InChI is InChI=1S/C16H24N4O/c1-4-9-18-15-7-6-14(11-19-15)16(21)20(10-5-8-17)12-13(2)3/h6-7,11,13H,4-5,9-10,12H2,1-3H3,(H,18,19). The third kappa shape index (κ3) is 5.82. The maximum Gasteiger partial charge on any atom is 0.255 e. The van der Waals surface area contributed by atoms with E-state index in [4.69, 9.17) is 5.26 Å². The van der Waals surface area contributed by atoms with Gasteiger partial charge in [-0.05, 0) is 24.5 Å². The van der Waals surface area contributed by atoms with Crippen molar-refractivity contribution in [2.24, 2.45) is 5.92 Å². The Hall–Kier alpha value is -2.09. The summed E-state index contributed by atoms with van der Waals surface area (Å²) in [6.45, 7) is 8.18. The van der Waals surface area contributed by atoms with Gasteiger partial charge in [0.1, 0.15) is 5.82 Å². The lowest BCUT2D eigenvalue weighted by molar-refractivity contribution is 0.0739. The zero-order valence-electron chi connectivity index (χ0n) is 13.1. The van der Waals surface area contributed by atoms with Gasteiger partial charge in [-0.2, -0.15) is 5.26 Å². The third-order valence-corrected chi connectivity index (χ3v) is 2.93. The van der Waals surface area contributed by atoms with Crippen molar-refractivity contribution in [3.8, 4) is 6.07 Å². The molecule has 0 aliphatic carbocycles. The summed E-state index contributed by atoms with van der Waals surface area (Å²) in [6.07, 6.45) is 2.97. The van der Waals surface area contributed by atoms with Crippen molar-refractivity contribution in [1.29, 1.82) is 5.26 Å². The number of nitrogens with one attached hydrogen (secondary N) is 1. The van der Waals surface area contributed by atoms with Crippen molar-refractivity contribution >= 4 is 11.7 Å². The molecule has 0 bridgehead atoms. The Kier molecular flexibility index (Phi) is 7.24. The molecule has 0 aliphatic rings. The van der Waals surface area contributed by atoms with Gasteiger partial charge in [0.25, 0.3) is 5.91 Å². The predicted octanol–water partition coefficient (Wildman–Crippen LogP) is 2.92. The van der Waals surface area contributed by atoms with Crippen LogP contribution in [-0.2, 0) is 0 Å². The Labute approximate surface area is 127 Å². The zero-order valence-corrected chi connectivity index (χ0v) is 13.1. The average molecular weight is 288 g/mol. The van der Waals surface area contributed by atoms with Crippen LogP contribution in [0.15, 0.2) is 18.3 Å². The van der Waals surface area contributed by atoms with E-state index in [9.17, 15) is 4.79 Å². The number of anilines is 1. The van der Waals surface area contributed by atoms with Crippen molar-refractivity contribution < 1.29 is 4.79 Å². The summed E-state index contributed by atoms with van der Waals surface area (Å²) >= 11 is 0. The van der Waals surface area contributed by atoms with Gasteiger partial charge < -0.3 is 10.2 Å². The van der Waals surface area contributed by atoms with Crippen LogP contribution >= 0.6 is 0 Å². The molecule has 1 heterocycles. The van der Waals surface area contributed by atoms with Gasteiger partial charge in [-0.1, -0.05) is 20.8 Å². The van der Waals surface area contributed by atoms with Gasteiger partial charge in [-0.25, -0.2) is 4.98 Å². The number of nitriles is 1. The predicted molar refractivity (Wildman–Crippen MR) is 84.0 cm³/mol. The van der Waals surface area contributed by atoms with Gasteiger partial charge in [-0.3, -0.25) is 4.79 Å². The summed E-state index contributed by atoms with van der Waals surface area (Å²) in [5.41, 5.74) is 0.565. The normalized spacial score (nSPS) is 10.2. The average Bonchev–Trinajstić information content (AvgIpc) is 2.49. The number of aromatic nitrogens is 1. The first-order chi connectivity index (χ1) is 10.1. The van der Waals surface area contributed by atoms with Crippen LogP contribution in [0.3, 0.4) is 0 Å². The molecule has 0 aromatic carbocycles. The number of amides is 1. The highest BCUT2D eigenvalue weighted by Crippen LogP contribution is 2.10. The lowest BCUT2D eigenvalue weighted by Gasteiger charge is -2.23. The van der Waals surface area contributed by atoms with Crippen molar-refractivity contribution in [3.05, 3.63) is 23.9 Å². The van der Waals surface area contributed by atoms with Crippen LogP contribution in [0.2, 0.25) is 0 Å². The SMILES string of the molecule is CCCNc1ccc(C(=O)N(CCC#N)CC(C)C)cn1. The summed E-state index contributed by atoms with van der Waals surface area (Å²) in [5, 5.41) is 11.9. The number of hydrogen-bond donors (Lipinski definition) is 1. The topological polar surface area (TPSA) is 69.0 Å². The molecule has 1 amide bonds. The number of rotatable bonds is 8. The molecule has 1 aromatic heterocycles. The molecular formula is C16H24N4O. The number of carbonyl (C=O) groups is 1. The van der Waals surface area contributed by atoms with E-state index in [2.05, 4.69) is 37.1 Å². The van der Waals surface area contributed by atoms with E-state index in [-0.39, 0.29) is 5.91 Å². The van der Waals surface area contributed by atoms with Gasteiger partial charge in [0.05, 0.1) is 18.1 Å². The molecule has 5 nitrogen and oxygen atoms in total. The van der Waals surface area contributed by atoms with E-state index < -0.39 is 0 Å². The van der Waals surface area contributed by atoms with Crippen molar-refractivity contribution in [1.82, 2.24) is 9.88 Å². The highest BCUT2D eigenvalue weighted by molar-refractivity contribution is 5.94. The van der Waals surface area contributed by atoms with E-state index in [1.54, 1.807) is 17.2 Å². The zero-order chi connectivity index (χ0) is 15.7. The summed E-state index contributed by atoms with van der Waals surface area (Å²) in [5.74, 6) is 1.08. The number of nitrogens with zero attached hydrogens (tertiary/aromatic N) is 3. The lowest BCUT2D eigenvalue weighted by Crippen LogP contribution is -2.35. The molecule has 114 valence electrons. The van der Waals surface area contributed by atoms with E-state index in [0.717, 1.165) is 18.8 Å². The number of carbonyl (C=O) groups excluding carboxylic acids is 1. The van der Waals surface area contributed by atoms with Gasteiger partial charge >= 0.3 is 0 Å². The molecule has 21 heavy (non-hydrogen) atoms. The maximum atomic E-state index is 12.5. The van der Waals surface area contributed by atoms with Crippen LogP contribution in [-0.4, -0.2) is 35.4 Å². The molecule has 0 spiro atoms. The van der Waals surface area contributed by atoms with Crippen LogP contribution in [0.4, 0.5) is 5.82 Å². The monoisotopic (exact) mass is 288 g/mol.